The number of ether oxygens (including phenoxy) is 1. The van der Waals surface area contributed by atoms with Crippen LogP contribution in [0.5, 0.6) is 5.75 Å². The number of nitrogens with one attached hydrogen (secondary N) is 1. The van der Waals surface area contributed by atoms with Crippen molar-refractivity contribution in [3.05, 3.63) is 64.9 Å². The summed E-state index contributed by atoms with van der Waals surface area (Å²) in [5, 5.41) is 13.0. The topological polar surface area (TPSA) is 123 Å². The van der Waals surface area contributed by atoms with E-state index in [1.807, 2.05) is 30.3 Å². The van der Waals surface area contributed by atoms with Crippen LogP contribution in [-0.4, -0.2) is 26.0 Å². The first-order valence-electron chi connectivity index (χ1n) is 7.49. The molecule has 0 saturated heterocycles. The first kappa shape index (κ1) is 17.4. The highest BCUT2D eigenvalue weighted by Crippen LogP contribution is 2.22. The molecule has 0 radical (unpaired) electrons. The van der Waals surface area contributed by atoms with Gasteiger partial charge in [-0.2, -0.15) is 15.0 Å². The van der Waals surface area contributed by atoms with Gasteiger partial charge in [-0.3, -0.25) is 0 Å². The van der Waals surface area contributed by atoms with Crippen LogP contribution in [0.3, 0.4) is 0 Å². The van der Waals surface area contributed by atoms with Gasteiger partial charge in [0.25, 0.3) is 0 Å². The van der Waals surface area contributed by atoms with E-state index in [2.05, 4.69) is 20.3 Å². The molecular formula is C17H14ClN5O3. The molecular weight excluding hydrogens is 358 g/mol. The van der Waals surface area contributed by atoms with Crippen LogP contribution >= 0.6 is 11.6 Å². The van der Waals surface area contributed by atoms with Crippen LogP contribution in [0.15, 0.2) is 48.5 Å². The maximum atomic E-state index is 12.1. The number of hydrogen-bond donors (Lipinski definition) is 3. The minimum absolute atomic E-state index is 0.0184. The van der Waals surface area contributed by atoms with Gasteiger partial charge in [0.05, 0.1) is 0 Å². The van der Waals surface area contributed by atoms with Crippen LogP contribution in [0.4, 0.5) is 17.6 Å². The number of nitrogen functional groups attached to an aromatic ring is 1. The van der Waals surface area contributed by atoms with Crippen molar-refractivity contribution in [2.75, 3.05) is 11.1 Å². The fraction of sp³-hybridized carbons (Fsp3) is 0.0588. The first-order chi connectivity index (χ1) is 12.5. The number of nitrogens with two attached hydrogens (primary N) is 1. The van der Waals surface area contributed by atoms with Gasteiger partial charge in [-0.15, -0.1) is 0 Å². The van der Waals surface area contributed by atoms with Crippen molar-refractivity contribution in [1.29, 1.82) is 0 Å². The molecule has 9 heteroatoms. The summed E-state index contributed by atoms with van der Waals surface area (Å²) in [7, 11) is 0. The molecule has 0 fully saturated rings. The summed E-state index contributed by atoms with van der Waals surface area (Å²) >= 11 is 5.82. The van der Waals surface area contributed by atoms with Crippen molar-refractivity contribution in [1.82, 2.24) is 15.0 Å². The van der Waals surface area contributed by atoms with Gasteiger partial charge in [-0.05, 0) is 30.3 Å². The average Bonchev–Trinajstić information content (AvgIpc) is 2.62. The zero-order valence-corrected chi connectivity index (χ0v) is 14.1. The van der Waals surface area contributed by atoms with E-state index in [1.165, 1.54) is 18.2 Å². The number of rotatable bonds is 5. The number of carbonyl (C=O) groups is 1. The van der Waals surface area contributed by atoms with Gasteiger partial charge in [0.2, 0.25) is 11.9 Å². The lowest BCUT2D eigenvalue weighted by atomic mass is 10.2. The second-order valence-electron chi connectivity index (χ2n) is 5.16. The number of hydrogen-bond acceptors (Lipinski definition) is 8. The molecule has 0 unspecified atom stereocenters. The highest BCUT2D eigenvalue weighted by Gasteiger charge is 2.15. The minimum atomic E-state index is -0.762. The van der Waals surface area contributed by atoms with E-state index in [-0.39, 0.29) is 35.6 Å². The van der Waals surface area contributed by atoms with Crippen LogP contribution < -0.4 is 11.1 Å². The third kappa shape index (κ3) is 4.37. The number of aromatic nitrogens is 3. The predicted octanol–water partition coefficient (Wildman–Crippen LogP) is 2.91. The molecule has 0 atom stereocenters. The monoisotopic (exact) mass is 371 g/mol. The van der Waals surface area contributed by atoms with Crippen LogP contribution in [0.1, 0.15) is 16.2 Å². The van der Waals surface area contributed by atoms with Crippen molar-refractivity contribution in [3.63, 3.8) is 0 Å². The number of carbonyl (C=O) groups excluding carboxylic acids is 1. The standard InChI is InChI=1S/C17H14ClN5O3/c18-10-6-7-13(24)12(8-10)15(25)26-9-14-21-16(19)23-17(22-14)20-11-4-2-1-3-5-11/h1-8,24H,9H2,(H3,19,20,21,22,23). The fourth-order valence-electron chi connectivity index (χ4n) is 2.09. The van der Waals surface area contributed by atoms with E-state index in [1.54, 1.807) is 0 Å². The Morgan fingerprint density at radius 2 is 1.92 bits per heavy atom. The molecule has 0 aliphatic heterocycles. The summed E-state index contributed by atoms with van der Waals surface area (Å²) in [6.07, 6.45) is 0. The number of benzene rings is 2. The van der Waals surface area contributed by atoms with E-state index < -0.39 is 5.97 Å². The molecule has 0 bridgehead atoms. The van der Waals surface area contributed by atoms with Gasteiger partial charge in [0.1, 0.15) is 11.3 Å². The number of esters is 1. The van der Waals surface area contributed by atoms with Crippen LogP contribution in [0.2, 0.25) is 5.02 Å². The van der Waals surface area contributed by atoms with Crippen LogP contribution in [-0.2, 0) is 11.3 Å². The molecule has 3 rings (SSSR count). The molecule has 8 nitrogen and oxygen atoms in total. The van der Waals surface area contributed by atoms with Crippen LogP contribution in [0.25, 0.3) is 0 Å². The van der Waals surface area contributed by atoms with E-state index in [0.717, 1.165) is 5.69 Å². The lowest BCUT2D eigenvalue weighted by molar-refractivity contribution is 0.0459. The molecule has 0 aliphatic carbocycles. The Morgan fingerprint density at radius 1 is 1.15 bits per heavy atom. The summed E-state index contributed by atoms with van der Waals surface area (Å²) in [6.45, 7) is -0.249. The largest absolute Gasteiger partial charge is 0.507 e. The molecule has 26 heavy (non-hydrogen) atoms. The number of anilines is 3. The summed E-state index contributed by atoms with van der Waals surface area (Å²) in [5.41, 5.74) is 6.39. The van der Waals surface area contributed by atoms with Crippen molar-refractivity contribution < 1.29 is 14.6 Å². The Hall–Kier alpha value is -3.39. The zero-order chi connectivity index (χ0) is 18.5. The Labute approximate surface area is 153 Å². The van der Waals surface area contributed by atoms with Gasteiger partial charge in [-0.25, -0.2) is 4.79 Å². The molecule has 1 aromatic heterocycles. The fourth-order valence-corrected chi connectivity index (χ4v) is 2.26. The van der Waals surface area contributed by atoms with Gasteiger partial charge in [0.15, 0.2) is 12.4 Å². The lowest BCUT2D eigenvalue weighted by Crippen LogP contribution is -2.11. The molecule has 4 N–H and O–H groups in total. The minimum Gasteiger partial charge on any atom is -0.507 e. The highest BCUT2D eigenvalue weighted by atomic mass is 35.5. The Balaban J connectivity index is 1.71. The molecule has 0 spiro atoms. The van der Waals surface area contributed by atoms with E-state index in [0.29, 0.717) is 5.02 Å². The molecule has 132 valence electrons. The van der Waals surface area contributed by atoms with Crippen molar-refractivity contribution in [3.8, 4) is 5.75 Å². The molecule has 0 amide bonds. The van der Waals surface area contributed by atoms with Gasteiger partial charge in [0, 0.05) is 10.7 Å². The lowest BCUT2D eigenvalue weighted by Gasteiger charge is -2.08. The molecule has 0 saturated carbocycles. The van der Waals surface area contributed by atoms with E-state index in [4.69, 9.17) is 22.1 Å². The first-order valence-corrected chi connectivity index (χ1v) is 7.87. The van der Waals surface area contributed by atoms with Crippen molar-refractivity contribution in [2.24, 2.45) is 0 Å². The summed E-state index contributed by atoms with van der Waals surface area (Å²) < 4.78 is 5.12. The number of phenolic OH excluding ortho intramolecular Hbond substituents is 1. The predicted molar refractivity (Wildman–Crippen MR) is 96.2 cm³/mol. The quantitative estimate of drug-likeness (QED) is 0.585. The zero-order valence-electron chi connectivity index (χ0n) is 13.4. The SMILES string of the molecule is Nc1nc(COC(=O)c2cc(Cl)ccc2O)nc(Nc2ccccc2)n1. The molecule has 1 heterocycles. The van der Waals surface area contributed by atoms with Crippen molar-refractivity contribution >= 4 is 35.2 Å². The highest BCUT2D eigenvalue weighted by molar-refractivity contribution is 6.31. The number of phenols is 1. The third-order valence-electron chi connectivity index (χ3n) is 3.24. The second kappa shape index (κ2) is 7.66. The smallest absolute Gasteiger partial charge is 0.342 e. The second-order valence-corrected chi connectivity index (χ2v) is 5.60. The summed E-state index contributed by atoms with van der Waals surface area (Å²) in [4.78, 5) is 24.2. The maximum absolute atomic E-state index is 12.1. The summed E-state index contributed by atoms with van der Waals surface area (Å²) in [5.74, 6) is -0.635. The number of halogens is 1. The number of para-hydroxylation sites is 1. The molecule has 3 aromatic rings. The molecule has 0 aliphatic rings. The molecule has 2 aromatic carbocycles. The van der Waals surface area contributed by atoms with Gasteiger partial charge < -0.3 is 20.9 Å². The maximum Gasteiger partial charge on any atom is 0.342 e. The summed E-state index contributed by atoms with van der Waals surface area (Å²) in [6, 6.07) is 13.3. The van der Waals surface area contributed by atoms with E-state index in [9.17, 15) is 9.90 Å². The van der Waals surface area contributed by atoms with E-state index >= 15 is 0 Å². The average molecular weight is 372 g/mol. The van der Waals surface area contributed by atoms with Crippen LogP contribution in [0, 0.1) is 0 Å². The Kier molecular flexibility index (Phi) is 5.14. The Bertz CT molecular complexity index is 937. The number of aromatic hydroxyl groups is 1. The normalized spacial score (nSPS) is 10.3. The third-order valence-corrected chi connectivity index (χ3v) is 3.47. The van der Waals surface area contributed by atoms with Crippen molar-refractivity contribution in [2.45, 2.75) is 6.61 Å². The Morgan fingerprint density at radius 3 is 2.69 bits per heavy atom. The van der Waals surface area contributed by atoms with Gasteiger partial charge in [-0.1, -0.05) is 29.8 Å². The number of nitrogens with zero attached hydrogens (tertiary/aromatic N) is 3. The van der Waals surface area contributed by atoms with Gasteiger partial charge >= 0.3 is 5.97 Å².